The SMILES string of the molecule is COCCNC(=O)CNc1nccc(C)n1. The maximum atomic E-state index is 11.3. The summed E-state index contributed by atoms with van der Waals surface area (Å²) in [6, 6.07) is 1.80. The van der Waals surface area contributed by atoms with Crippen molar-refractivity contribution in [1.82, 2.24) is 15.3 Å². The lowest BCUT2D eigenvalue weighted by Crippen LogP contribution is -2.32. The summed E-state index contributed by atoms with van der Waals surface area (Å²) in [5.41, 5.74) is 0.859. The van der Waals surface area contributed by atoms with E-state index in [-0.39, 0.29) is 12.5 Å². The molecule has 0 bridgehead atoms. The largest absolute Gasteiger partial charge is 0.383 e. The number of methoxy groups -OCH3 is 1. The minimum atomic E-state index is -0.109. The minimum Gasteiger partial charge on any atom is -0.383 e. The third kappa shape index (κ3) is 4.70. The van der Waals surface area contributed by atoms with E-state index in [0.717, 1.165) is 5.69 Å². The van der Waals surface area contributed by atoms with Crippen LogP contribution in [0.1, 0.15) is 5.69 Å². The van der Waals surface area contributed by atoms with Crippen molar-refractivity contribution in [1.29, 1.82) is 0 Å². The lowest BCUT2D eigenvalue weighted by atomic mass is 10.4. The molecular weight excluding hydrogens is 208 g/mol. The average Bonchev–Trinajstić information content (AvgIpc) is 2.27. The Morgan fingerprint density at radius 1 is 1.56 bits per heavy atom. The molecule has 0 saturated carbocycles. The van der Waals surface area contributed by atoms with Gasteiger partial charge >= 0.3 is 0 Å². The lowest BCUT2D eigenvalue weighted by Gasteiger charge is -2.06. The van der Waals surface area contributed by atoms with E-state index in [4.69, 9.17) is 4.74 Å². The Balaban J connectivity index is 2.26. The summed E-state index contributed by atoms with van der Waals surface area (Å²) in [5, 5.41) is 5.52. The highest BCUT2D eigenvalue weighted by atomic mass is 16.5. The second-order valence-corrected chi connectivity index (χ2v) is 3.22. The Bertz CT molecular complexity index is 343. The summed E-state index contributed by atoms with van der Waals surface area (Å²) in [7, 11) is 1.59. The predicted molar refractivity (Wildman–Crippen MR) is 60.1 cm³/mol. The van der Waals surface area contributed by atoms with Gasteiger partial charge in [0, 0.05) is 25.5 Å². The van der Waals surface area contributed by atoms with Crippen molar-refractivity contribution >= 4 is 11.9 Å². The van der Waals surface area contributed by atoms with E-state index in [0.29, 0.717) is 19.1 Å². The van der Waals surface area contributed by atoms with Crippen LogP contribution < -0.4 is 10.6 Å². The lowest BCUT2D eigenvalue weighted by molar-refractivity contribution is -0.119. The van der Waals surface area contributed by atoms with Gasteiger partial charge in [0.25, 0.3) is 0 Å². The Labute approximate surface area is 94.4 Å². The fraction of sp³-hybridized carbons (Fsp3) is 0.500. The standard InChI is InChI=1S/C10H16N4O2/c1-8-3-4-12-10(14-8)13-7-9(15)11-5-6-16-2/h3-4H,5-7H2,1-2H3,(H,11,15)(H,12,13,14). The zero-order chi connectivity index (χ0) is 11.8. The fourth-order valence-corrected chi connectivity index (χ4v) is 1.05. The molecule has 0 atom stereocenters. The van der Waals surface area contributed by atoms with Gasteiger partial charge in [-0.1, -0.05) is 0 Å². The molecule has 6 heteroatoms. The van der Waals surface area contributed by atoms with Crippen LogP contribution in [-0.4, -0.2) is 42.7 Å². The molecule has 0 unspecified atom stereocenters. The van der Waals surface area contributed by atoms with Crippen molar-refractivity contribution in [2.24, 2.45) is 0 Å². The number of hydrogen-bond acceptors (Lipinski definition) is 5. The third-order valence-electron chi connectivity index (χ3n) is 1.83. The van der Waals surface area contributed by atoms with Crippen molar-refractivity contribution < 1.29 is 9.53 Å². The number of nitrogens with zero attached hydrogens (tertiary/aromatic N) is 2. The third-order valence-corrected chi connectivity index (χ3v) is 1.83. The van der Waals surface area contributed by atoms with E-state index in [9.17, 15) is 4.79 Å². The number of amides is 1. The normalized spacial score (nSPS) is 9.88. The number of carbonyl (C=O) groups is 1. The highest BCUT2D eigenvalue weighted by molar-refractivity contribution is 5.80. The molecule has 0 aliphatic heterocycles. The number of ether oxygens (including phenoxy) is 1. The molecule has 1 amide bonds. The molecule has 0 spiro atoms. The van der Waals surface area contributed by atoms with E-state index in [1.54, 1.807) is 19.4 Å². The first-order valence-electron chi connectivity index (χ1n) is 5.01. The molecule has 1 aromatic heterocycles. The maximum Gasteiger partial charge on any atom is 0.239 e. The van der Waals surface area contributed by atoms with Gasteiger partial charge in [0.05, 0.1) is 13.2 Å². The number of aryl methyl sites for hydroxylation is 1. The smallest absolute Gasteiger partial charge is 0.239 e. The minimum absolute atomic E-state index is 0.109. The molecular formula is C10H16N4O2. The first-order valence-corrected chi connectivity index (χ1v) is 5.01. The Kier molecular flexibility index (Phi) is 5.21. The van der Waals surface area contributed by atoms with Crippen molar-refractivity contribution in [3.05, 3.63) is 18.0 Å². The summed E-state index contributed by atoms with van der Waals surface area (Å²) in [4.78, 5) is 19.4. The molecule has 0 aliphatic carbocycles. The van der Waals surface area contributed by atoms with E-state index in [2.05, 4.69) is 20.6 Å². The van der Waals surface area contributed by atoms with Gasteiger partial charge < -0.3 is 15.4 Å². The summed E-state index contributed by atoms with van der Waals surface area (Å²) >= 11 is 0. The molecule has 0 saturated heterocycles. The number of rotatable bonds is 6. The Morgan fingerprint density at radius 3 is 3.06 bits per heavy atom. The molecule has 0 aromatic carbocycles. The molecule has 1 aromatic rings. The molecule has 1 heterocycles. The van der Waals surface area contributed by atoms with Crippen molar-refractivity contribution in [2.45, 2.75) is 6.92 Å². The molecule has 6 nitrogen and oxygen atoms in total. The number of carbonyl (C=O) groups excluding carboxylic acids is 1. The fourth-order valence-electron chi connectivity index (χ4n) is 1.05. The maximum absolute atomic E-state index is 11.3. The van der Waals surface area contributed by atoms with Crippen LogP contribution in [0.5, 0.6) is 0 Å². The molecule has 0 radical (unpaired) electrons. The van der Waals surface area contributed by atoms with Gasteiger partial charge in [0.1, 0.15) is 0 Å². The van der Waals surface area contributed by atoms with Crippen LogP contribution in [0.25, 0.3) is 0 Å². The van der Waals surface area contributed by atoms with Crippen molar-refractivity contribution in [3.63, 3.8) is 0 Å². The van der Waals surface area contributed by atoms with E-state index in [1.807, 2.05) is 6.92 Å². The molecule has 88 valence electrons. The molecule has 1 rings (SSSR count). The van der Waals surface area contributed by atoms with Gasteiger partial charge in [-0.2, -0.15) is 0 Å². The van der Waals surface area contributed by atoms with Crippen LogP contribution in [0.4, 0.5) is 5.95 Å². The van der Waals surface area contributed by atoms with Gasteiger partial charge in [0.15, 0.2) is 0 Å². The zero-order valence-corrected chi connectivity index (χ0v) is 9.49. The van der Waals surface area contributed by atoms with Crippen LogP contribution >= 0.6 is 0 Å². The number of aromatic nitrogens is 2. The van der Waals surface area contributed by atoms with Gasteiger partial charge in [-0.25, -0.2) is 9.97 Å². The zero-order valence-electron chi connectivity index (χ0n) is 9.49. The van der Waals surface area contributed by atoms with Crippen LogP contribution in [0.15, 0.2) is 12.3 Å². The number of nitrogens with one attached hydrogen (secondary N) is 2. The first-order chi connectivity index (χ1) is 7.72. The molecule has 2 N–H and O–H groups in total. The topological polar surface area (TPSA) is 76.1 Å². The second-order valence-electron chi connectivity index (χ2n) is 3.22. The van der Waals surface area contributed by atoms with E-state index in [1.165, 1.54) is 0 Å². The Morgan fingerprint density at radius 2 is 2.38 bits per heavy atom. The van der Waals surface area contributed by atoms with E-state index >= 15 is 0 Å². The Hall–Kier alpha value is -1.69. The van der Waals surface area contributed by atoms with Gasteiger partial charge in [-0.15, -0.1) is 0 Å². The monoisotopic (exact) mass is 224 g/mol. The second kappa shape index (κ2) is 6.73. The highest BCUT2D eigenvalue weighted by Gasteiger charge is 2.01. The van der Waals surface area contributed by atoms with Crippen LogP contribution in [0.2, 0.25) is 0 Å². The molecule has 16 heavy (non-hydrogen) atoms. The number of anilines is 1. The first kappa shape index (κ1) is 12.4. The van der Waals surface area contributed by atoms with E-state index < -0.39 is 0 Å². The summed E-state index contributed by atoms with van der Waals surface area (Å²) in [5.74, 6) is 0.351. The highest BCUT2D eigenvalue weighted by Crippen LogP contribution is 1.97. The van der Waals surface area contributed by atoms with Crippen LogP contribution in [-0.2, 0) is 9.53 Å². The number of hydrogen-bond donors (Lipinski definition) is 2. The van der Waals surface area contributed by atoms with Crippen molar-refractivity contribution in [3.8, 4) is 0 Å². The molecule has 0 aliphatic rings. The summed E-state index contributed by atoms with van der Waals surface area (Å²) in [6.07, 6.45) is 1.65. The van der Waals surface area contributed by atoms with Gasteiger partial charge in [-0.3, -0.25) is 4.79 Å². The quantitative estimate of drug-likeness (QED) is 0.663. The predicted octanol–water partition coefficient (Wildman–Crippen LogP) is -0.0405. The van der Waals surface area contributed by atoms with Crippen LogP contribution in [0, 0.1) is 6.92 Å². The average molecular weight is 224 g/mol. The molecule has 0 fully saturated rings. The summed E-state index contributed by atoms with van der Waals surface area (Å²) < 4.78 is 4.81. The van der Waals surface area contributed by atoms with Gasteiger partial charge in [-0.05, 0) is 13.0 Å². The van der Waals surface area contributed by atoms with Crippen LogP contribution in [0.3, 0.4) is 0 Å². The van der Waals surface area contributed by atoms with Gasteiger partial charge in [0.2, 0.25) is 11.9 Å². The summed E-state index contributed by atoms with van der Waals surface area (Å²) in [6.45, 7) is 3.04. The van der Waals surface area contributed by atoms with Crippen molar-refractivity contribution in [2.75, 3.05) is 32.1 Å².